The average molecular weight is 293 g/mol. The molecule has 6 heteroatoms. The normalized spacial score (nSPS) is 13.5. The zero-order valence-corrected chi connectivity index (χ0v) is 12.4. The lowest BCUT2D eigenvalue weighted by Crippen LogP contribution is -2.47. The number of benzene rings is 1. The first-order valence-electron chi connectivity index (χ1n) is 6.97. The Bertz CT molecular complexity index is 462. The number of aliphatic hydroxyl groups is 1. The predicted octanol–water partition coefficient (Wildman–Crippen LogP) is 0.919. The molecule has 0 spiro atoms. The molecule has 6 nitrogen and oxygen atoms in total. The van der Waals surface area contributed by atoms with Gasteiger partial charge in [-0.3, -0.25) is 4.79 Å². The van der Waals surface area contributed by atoms with Crippen molar-refractivity contribution in [2.75, 3.05) is 6.61 Å². The smallest absolute Gasteiger partial charge is 0.313 e. The zero-order valence-electron chi connectivity index (χ0n) is 12.4. The van der Waals surface area contributed by atoms with E-state index in [0.29, 0.717) is 12.0 Å². The molecule has 0 aromatic heterocycles. The summed E-state index contributed by atoms with van der Waals surface area (Å²) >= 11 is 0. The number of hydrogen-bond donors (Lipinski definition) is 4. The number of hydrogen-bond acceptors (Lipinski definition) is 3. The third-order valence-electron chi connectivity index (χ3n) is 3.25. The van der Waals surface area contributed by atoms with Gasteiger partial charge in [0.2, 0.25) is 5.91 Å². The van der Waals surface area contributed by atoms with E-state index in [-0.39, 0.29) is 24.5 Å². The summed E-state index contributed by atoms with van der Waals surface area (Å²) in [6.45, 7) is 3.90. The summed E-state index contributed by atoms with van der Waals surface area (Å²) in [5.41, 5.74) is 5.80. The molecule has 0 bridgehead atoms. The summed E-state index contributed by atoms with van der Waals surface area (Å²) in [5.74, 6) is -0.168. The second-order valence-electron chi connectivity index (χ2n) is 5.22. The molecule has 0 saturated heterocycles. The van der Waals surface area contributed by atoms with Crippen LogP contribution in [0, 0.1) is 5.92 Å². The molecule has 0 aliphatic carbocycles. The first kappa shape index (κ1) is 17.0. The van der Waals surface area contributed by atoms with Gasteiger partial charge in [0, 0.05) is 12.6 Å². The van der Waals surface area contributed by atoms with E-state index >= 15 is 0 Å². The van der Waals surface area contributed by atoms with E-state index in [1.54, 1.807) is 24.3 Å². The van der Waals surface area contributed by atoms with E-state index in [4.69, 9.17) is 10.8 Å². The standard InChI is InChI=1S/C15H23N3O3/c1-10(2)12(8-9-19)17-14(20)13(18-15(16)21)11-6-4-3-5-7-11/h3-7,10,12-13,19H,8-9H2,1-2H3,(H,17,20)(H3,16,18,21). The van der Waals surface area contributed by atoms with Crippen LogP contribution in [-0.4, -0.2) is 29.7 Å². The molecule has 1 aromatic carbocycles. The summed E-state index contributed by atoms with van der Waals surface area (Å²) in [6.07, 6.45) is 0.460. The van der Waals surface area contributed by atoms with Crippen LogP contribution in [-0.2, 0) is 4.79 Å². The molecule has 2 atom stereocenters. The second-order valence-corrected chi connectivity index (χ2v) is 5.22. The fourth-order valence-corrected chi connectivity index (χ4v) is 2.07. The molecule has 1 aromatic rings. The Morgan fingerprint density at radius 3 is 2.29 bits per heavy atom. The molecule has 0 radical (unpaired) electrons. The molecule has 0 fully saturated rings. The summed E-state index contributed by atoms with van der Waals surface area (Å²) in [7, 11) is 0. The van der Waals surface area contributed by atoms with Gasteiger partial charge in [-0.05, 0) is 17.9 Å². The molecular weight excluding hydrogens is 270 g/mol. The van der Waals surface area contributed by atoms with E-state index in [0.717, 1.165) is 0 Å². The van der Waals surface area contributed by atoms with Crippen LogP contribution in [0.4, 0.5) is 4.79 Å². The minimum atomic E-state index is -0.844. The molecule has 21 heavy (non-hydrogen) atoms. The number of urea groups is 1. The third-order valence-corrected chi connectivity index (χ3v) is 3.25. The molecule has 0 saturated carbocycles. The fraction of sp³-hybridized carbons (Fsp3) is 0.467. The minimum absolute atomic E-state index is 0.0115. The van der Waals surface area contributed by atoms with Gasteiger partial charge >= 0.3 is 6.03 Å². The quantitative estimate of drug-likeness (QED) is 0.601. The second kappa shape index (κ2) is 8.26. The van der Waals surface area contributed by atoms with Gasteiger partial charge in [0.25, 0.3) is 0 Å². The number of nitrogens with two attached hydrogens (primary N) is 1. The Balaban J connectivity index is 2.87. The highest BCUT2D eigenvalue weighted by Crippen LogP contribution is 2.14. The number of rotatable bonds is 7. The number of carbonyl (C=O) groups is 2. The lowest BCUT2D eigenvalue weighted by molar-refractivity contribution is -0.124. The fourth-order valence-electron chi connectivity index (χ4n) is 2.07. The van der Waals surface area contributed by atoms with Crippen LogP contribution in [0.2, 0.25) is 0 Å². The molecule has 3 amide bonds. The van der Waals surface area contributed by atoms with Crippen molar-refractivity contribution in [3.8, 4) is 0 Å². The van der Waals surface area contributed by atoms with Crippen LogP contribution in [0.5, 0.6) is 0 Å². The van der Waals surface area contributed by atoms with Crippen molar-refractivity contribution >= 4 is 11.9 Å². The van der Waals surface area contributed by atoms with Crippen LogP contribution < -0.4 is 16.4 Å². The highest BCUT2D eigenvalue weighted by Gasteiger charge is 2.25. The maximum atomic E-state index is 12.4. The van der Waals surface area contributed by atoms with Gasteiger partial charge in [-0.25, -0.2) is 4.79 Å². The monoisotopic (exact) mass is 293 g/mol. The number of primary amides is 1. The van der Waals surface area contributed by atoms with Gasteiger partial charge in [-0.2, -0.15) is 0 Å². The van der Waals surface area contributed by atoms with Crippen molar-refractivity contribution < 1.29 is 14.7 Å². The van der Waals surface area contributed by atoms with Gasteiger partial charge in [0.15, 0.2) is 0 Å². The Kier molecular flexibility index (Phi) is 6.68. The minimum Gasteiger partial charge on any atom is -0.396 e. The Morgan fingerprint density at radius 2 is 1.81 bits per heavy atom. The molecular formula is C15H23N3O3. The molecule has 2 unspecified atom stereocenters. The maximum Gasteiger partial charge on any atom is 0.313 e. The average Bonchev–Trinajstić information content (AvgIpc) is 2.44. The molecule has 5 N–H and O–H groups in total. The summed E-state index contributed by atoms with van der Waals surface area (Å²) in [5, 5.41) is 14.4. The van der Waals surface area contributed by atoms with Gasteiger partial charge in [0.05, 0.1) is 0 Å². The van der Waals surface area contributed by atoms with Gasteiger partial charge in [0.1, 0.15) is 6.04 Å². The lowest BCUT2D eigenvalue weighted by atomic mass is 9.99. The summed E-state index contributed by atoms with van der Waals surface area (Å²) in [4.78, 5) is 23.5. The van der Waals surface area contributed by atoms with Crippen LogP contribution in [0.25, 0.3) is 0 Å². The summed E-state index contributed by atoms with van der Waals surface area (Å²) < 4.78 is 0. The summed E-state index contributed by atoms with van der Waals surface area (Å²) in [6, 6.07) is 7.12. The van der Waals surface area contributed by atoms with Crippen LogP contribution in [0.3, 0.4) is 0 Å². The van der Waals surface area contributed by atoms with E-state index in [9.17, 15) is 9.59 Å². The van der Waals surface area contributed by atoms with Crippen molar-refractivity contribution in [3.63, 3.8) is 0 Å². The third kappa shape index (κ3) is 5.43. The van der Waals surface area contributed by atoms with Crippen molar-refractivity contribution in [1.82, 2.24) is 10.6 Å². The lowest BCUT2D eigenvalue weighted by Gasteiger charge is -2.25. The van der Waals surface area contributed by atoms with Crippen molar-refractivity contribution in [2.45, 2.75) is 32.4 Å². The zero-order chi connectivity index (χ0) is 15.8. The highest BCUT2D eigenvalue weighted by atomic mass is 16.3. The van der Waals surface area contributed by atoms with Crippen LogP contribution in [0.15, 0.2) is 30.3 Å². The first-order valence-corrected chi connectivity index (χ1v) is 6.97. The molecule has 116 valence electrons. The van der Waals surface area contributed by atoms with Crippen LogP contribution >= 0.6 is 0 Å². The Labute approximate surface area is 124 Å². The number of aliphatic hydroxyl groups excluding tert-OH is 1. The number of nitrogens with one attached hydrogen (secondary N) is 2. The van der Waals surface area contributed by atoms with E-state index < -0.39 is 12.1 Å². The van der Waals surface area contributed by atoms with E-state index in [1.807, 2.05) is 19.9 Å². The molecule has 0 heterocycles. The molecule has 0 aliphatic heterocycles. The van der Waals surface area contributed by atoms with Gasteiger partial charge in [-0.1, -0.05) is 44.2 Å². The number of amides is 3. The SMILES string of the molecule is CC(C)C(CCO)NC(=O)C(NC(N)=O)c1ccccc1. The van der Waals surface area contributed by atoms with Crippen molar-refractivity contribution in [3.05, 3.63) is 35.9 Å². The van der Waals surface area contributed by atoms with Crippen molar-refractivity contribution in [2.24, 2.45) is 11.7 Å². The largest absolute Gasteiger partial charge is 0.396 e. The maximum absolute atomic E-state index is 12.4. The van der Waals surface area contributed by atoms with Gasteiger partial charge in [-0.15, -0.1) is 0 Å². The van der Waals surface area contributed by atoms with E-state index in [1.165, 1.54) is 0 Å². The van der Waals surface area contributed by atoms with E-state index in [2.05, 4.69) is 10.6 Å². The van der Waals surface area contributed by atoms with Crippen LogP contribution in [0.1, 0.15) is 31.9 Å². The molecule has 0 aliphatic rings. The topological polar surface area (TPSA) is 104 Å². The Hall–Kier alpha value is -2.08. The predicted molar refractivity (Wildman–Crippen MR) is 80.4 cm³/mol. The van der Waals surface area contributed by atoms with Crippen molar-refractivity contribution in [1.29, 1.82) is 0 Å². The first-order chi connectivity index (χ1) is 9.95. The number of carbonyl (C=O) groups excluding carboxylic acids is 2. The van der Waals surface area contributed by atoms with Gasteiger partial charge < -0.3 is 21.5 Å². The molecule has 1 rings (SSSR count). The highest BCUT2D eigenvalue weighted by molar-refractivity contribution is 5.87. The Morgan fingerprint density at radius 1 is 1.19 bits per heavy atom.